The van der Waals surface area contributed by atoms with Crippen molar-refractivity contribution in [2.75, 3.05) is 26.1 Å². The second kappa shape index (κ2) is 4.33. The summed E-state index contributed by atoms with van der Waals surface area (Å²) in [6, 6.07) is 0. The van der Waals surface area contributed by atoms with Crippen molar-refractivity contribution in [2.45, 2.75) is 12.8 Å². The molecule has 1 fully saturated rings. The Kier molecular flexibility index (Phi) is 2.89. The monoisotopic (exact) mass is 209 g/mol. The number of rotatable bonds is 5. The zero-order valence-corrected chi connectivity index (χ0v) is 8.99. The molecule has 5 nitrogen and oxygen atoms in total. The normalized spacial score (nSPS) is 14.8. The molecule has 1 aromatic rings. The topological polar surface area (TPSA) is 56.3 Å². The minimum absolute atomic E-state index is 0.517. The van der Waals surface area contributed by atoms with Gasteiger partial charge in [-0.25, -0.2) is 4.98 Å². The van der Waals surface area contributed by atoms with Crippen molar-refractivity contribution in [3.63, 3.8) is 0 Å². The Morgan fingerprint density at radius 1 is 1.47 bits per heavy atom. The molecular weight excluding hydrogens is 194 g/mol. The molecule has 0 spiro atoms. The summed E-state index contributed by atoms with van der Waals surface area (Å²) in [4.78, 5) is 8.10. The van der Waals surface area contributed by atoms with Gasteiger partial charge in [-0.15, -0.1) is 0 Å². The van der Waals surface area contributed by atoms with E-state index in [0.29, 0.717) is 23.4 Å². The summed E-state index contributed by atoms with van der Waals surface area (Å²) in [7, 11) is 3.37. The first kappa shape index (κ1) is 10.0. The Balaban J connectivity index is 2.12. The molecule has 1 aliphatic carbocycles. The SMILES string of the molecule is CNc1ncnc(OCC2CC2)c1OC. The Morgan fingerprint density at radius 3 is 2.87 bits per heavy atom. The largest absolute Gasteiger partial charge is 0.489 e. The molecule has 0 bridgehead atoms. The van der Waals surface area contributed by atoms with Crippen LogP contribution in [0.1, 0.15) is 12.8 Å². The van der Waals surface area contributed by atoms with Crippen molar-refractivity contribution in [1.82, 2.24) is 9.97 Å². The third-order valence-electron chi connectivity index (χ3n) is 2.36. The van der Waals surface area contributed by atoms with Crippen LogP contribution in [0.15, 0.2) is 6.33 Å². The van der Waals surface area contributed by atoms with Gasteiger partial charge in [-0.1, -0.05) is 0 Å². The average Bonchev–Trinajstić information content (AvgIpc) is 3.09. The van der Waals surface area contributed by atoms with Crippen LogP contribution in [0.2, 0.25) is 0 Å². The van der Waals surface area contributed by atoms with E-state index in [2.05, 4.69) is 15.3 Å². The summed E-state index contributed by atoms with van der Waals surface area (Å²) in [5, 5.41) is 2.93. The summed E-state index contributed by atoms with van der Waals surface area (Å²) in [6.07, 6.45) is 3.98. The molecular formula is C10H15N3O2. The van der Waals surface area contributed by atoms with Crippen LogP contribution < -0.4 is 14.8 Å². The van der Waals surface area contributed by atoms with E-state index in [4.69, 9.17) is 9.47 Å². The molecule has 0 unspecified atom stereocenters. The maximum Gasteiger partial charge on any atom is 0.262 e. The maximum atomic E-state index is 5.58. The summed E-state index contributed by atoms with van der Waals surface area (Å²) in [6.45, 7) is 0.719. The first-order valence-electron chi connectivity index (χ1n) is 5.04. The highest BCUT2D eigenvalue weighted by Gasteiger charge is 2.23. The molecule has 1 saturated carbocycles. The summed E-state index contributed by atoms with van der Waals surface area (Å²) >= 11 is 0. The van der Waals surface area contributed by atoms with Crippen molar-refractivity contribution in [1.29, 1.82) is 0 Å². The number of hydrogen-bond donors (Lipinski definition) is 1. The minimum atomic E-state index is 0.517. The number of aromatic nitrogens is 2. The molecule has 1 heterocycles. The number of methoxy groups -OCH3 is 1. The summed E-state index contributed by atoms with van der Waals surface area (Å²) in [5.41, 5.74) is 0. The maximum absolute atomic E-state index is 5.58. The molecule has 2 rings (SSSR count). The number of nitrogens with one attached hydrogen (secondary N) is 1. The van der Waals surface area contributed by atoms with E-state index in [0.717, 1.165) is 6.61 Å². The van der Waals surface area contributed by atoms with Crippen LogP contribution in [0, 0.1) is 5.92 Å². The Labute approximate surface area is 88.8 Å². The van der Waals surface area contributed by atoms with Crippen LogP contribution in [0.5, 0.6) is 11.6 Å². The predicted octanol–water partition coefficient (Wildman–Crippen LogP) is 1.32. The van der Waals surface area contributed by atoms with E-state index >= 15 is 0 Å². The third kappa shape index (κ3) is 2.29. The molecule has 82 valence electrons. The molecule has 0 aromatic carbocycles. The van der Waals surface area contributed by atoms with E-state index in [1.807, 2.05) is 0 Å². The molecule has 0 amide bonds. The second-order valence-electron chi connectivity index (χ2n) is 3.57. The highest BCUT2D eigenvalue weighted by atomic mass is 16.5. The molecule has 0 saturated heterocycles. The first-order valence-corrected chi connectivity index (χ1v) is 5.04. The fourth-order valence-corrected chi connectivity index (χ4v) is 1.30. The average molecular weight is 209 g/mol. The van der Waals surface area contributed by atoms with Gasteiger partial charge in [-0.2, -0.15) is 4.98 Å². The smallest absolute Gasteiger partial charge is 0.262 e. The van der Waals surface area contributed by atoms with Gasteiger partial charge in [0.05, 0.1) is 13.7 Å². The van der Waals surface area contributed by atoms with Crippen molar-refractivity contribution in [3.8, 4) is 11.6 Å². The van der Waals surface area contributed by atoms with Gasteiger partial charge in [-0.3, -0.25) is 0 Å². The minimum Gasteiger partial charge on any atom is -0.489 e. The van der Waals surface area contributed by atoms with Gasteiger partial charge in [0.25, 0.3) is 5.88 Å². The van der Waals surface area contributed by atoms with Crippen LogP contribution in [0.4, 0.5) is 5.82 Å². The molecule has 15 heavy (non-hydrogen) atoms. The highest BCUT2D eigenvalue weighted by molar-refractivity contribution is 5.54. The molecule has 0 radical (unpaired) electrons. The van der Waals surface area contributed by atoms with Gasteiger partial charge in [0, 0.05) is 7.05 Å². The lowest BCUT2D eigenvalue weighted by molar-refractivity contribution is 0.268. The number of ether oxygens (including phenoxy) is 2. The fourth-order valence-electron chi connectivity index (χ4n) is 1.30. The zero-order valence-electron chi connectivity index (χ0n) is 8.99. The highest BCUT2D eigenvalue weighted by Crippen LogP contribution is 2.34. The van der Waals surface area contributed by atoms with E-state index in [1.54, 1.807) is 14.2 Å². The predicted molar refractivity (Wildman–Crippen MR) is 56.3 cm³/mol. The lowest BCUT2D eigenvalue weighted by Crippen LogP contribution is -2.05. The van der Waals surface area contributed by atoms with Crippen LogP contribution in [-0.2, 0) is 0 Å². The van der Waals surface area contributed by atoms with Crippen LogP contribution >= 0.6 is 0 Å². The van der Waals surface area contributed by atoms with Gasteiger partial charge in [0.1, 0.15) is 6.33 Å². The van der Waals surface area contributed by atoms with Gasteiger partial charge in [0.15, 0.2) is 5.82 Å². The standard InChI is InChI=1S/C10H15N3O2/c1-11-9-8(14-2)10(13-6-12-9)15-5-7-3-4-7/h6-7H,3-5H2,1-2H3,(H,11,12,13). The third-order valence-corrected chi connectivity index (χ3v) is 2.36. The lowest BCUT2D eigenvalue weighted by Gasteiger charge is -2.11. The molecule has 1 N–H and O–H groups in total. The summed E-state index contributed by atoms with van der Waals surface area (Å²) in [5.74, 6) is 2.44. The molecule has 5 heteroatoms. The lowest BCUT2D eigenvalue weighted by atomic mass is 10.4. The van der Waals surface area contributed by atoms with Crippen molar-refractivity contribution in [2.24, 2.45) is 5.92 Å². The number of nitrogens with zero attached hydrogens (tertiary/aromatic N) is 2. The van der Waals surface area contributed by atoms with Gasteiger partial charge < -0.3 is 14.8 Å². The number of hydrogen-bond acceptors (Lipinski definition) is 5. The van der Waals surface area contributed by atoms with E-state index < -0.39 is 0 Å². The number of anilines is 1. The van der Waals surface area contributed by atoms with Crippen LogP contribution in [0.3, 0.4) is 0 Å². The Hall–Kier alpha value is -1.52. The molecule has 0 aliphatic heterocycles. The second-order valence-corrected chi connectivity index (χ2v) is 3.57. The summed E-state index contributed by atoms with van der Waals surface area (Å²) < 4.78 is 10.8. The van der Waals surface area contributed by atoms with Crippen LogP contribution in [-0.4, -0.2) is 30.7 Å². The Bertz CT molecular complexity index is 339. The van der Waals surface area contributed by atoms with E-state index in [-0.39, 0.29) is 0 Å². The fraction of sp³-hybridized carbons (Fsp3) is 0.600. The van der Waals surface area contributed by atoms with Crippen molar-refractivity contribution in [3.05, 3.63) is 6.33 Å². The van der Waals surface area contributed by atoms with Gasteiger partial charge >= 0.3 is 0 Å². The van der Waals surface area contributed by atoms with Crippen molar-refractivity contribution >= 4 is 5.82 Å². The van der Waals surface area contributed by atoms with Crippen molar-refractivity contribution < 1.29 is 9.47 Å². The molecule has 1 aliphatic rings. The zero-order chi connectivity index (χ0) is 10.7. The van der Waals surface area contributed by atoms with Crippen LogP contribution in [0.25, 0.3) is 0 Å². The van der Waals surface area contributed by atoms with E-state index in [9.17, 15) is 0 Å². The first-order chi connectivity index (χ1) is 7.35. The van der Waals surface area contributed by atoms with Gasteiger partial charge in [-0.05, 0) is 18.8 Å². The van der Waals surface area contributed by atoms with E-state index in [1.165, 1.54) is 19.2 Å². The molecule has 0 atom stereocenters. The quantitative estimate of drug-likeness (QED) is 0.792. The Morgan fingerprint density at radius 2 is 2.27 bits per heavy atom. The molecule has 1 aromatic heterocycles. The van der Waals surface area contributed by atoms with Gasteiger partial charge in [0.2, 0.25) is 5.75 Å².